The lowest BCUT2D eigenvalue weighted by Crippen LogP contribution is -2.35. The van der Waals surface area contributed by atoms with E-state index in [9.17, 15) is 19.8 Å². The maximum atomic E-state index is 11.7. The van der Waals surface area contributed by atoms with Crippen LogP contribution in [0.4, 0.5) is 0 Å². The van der Waals surface area contributed by atoms with Crippen LogP contribution in [-0.2, 0) is 25.5 Å². The average Bonchev–Trinajstić information content (AvgIpc) is 2.66. The number of aliphatic hydroxyl groups excluding tert-OH is 1. The predicted molar refractivity (Wildman–Crippen MR) is 109 cm³/mol. The van der Waals surface area contributed by atoms with E-state index < -0.39 is 18.0 Å². The third-order valence-corrected chi connectivity index (χ3v) is 4.78. The van der Waals surface area contributed by atoms with Crippen molar-refractivity contribution in [3.63, 3.8) is 0 Å². The van der Waals surface area contributed by atoms with Crippen LogP contribution in [0.2, 0.25) is 0 Å². The van der Waals surface area contributed by atoms with Crippen LogP contribution in [0.5, 0.6) is 11.5 Å². The van der Waals surface area contributed by atoms with Gasteiger partial charge in [-0.25, -0.2) is 0 Å². The number of carbonyl (C=O) groups excluding carboxylic acids is 2. The number of hydrogen-bond acceptors (Lipinski definition) is 7. The molecule has 0 aliphatic heterocycles. The number of hydrogen-bond donors (Lipinski definition) is 2. The minimum absolute atomic E-state index is 0.0270. The van der Waals surface area contributed by atoms with Crippen molar-refractivity contribution in [1.29, 1.82) is 0 Å². The zero-order chi connectivity index (χ0) is 21.8. The van der Waals surface area contributed by atoms with Gasteiger partial charge >= 0.3 is 11.9 Å². The highest BCUT2D eigenvalue weighted by Gasteiger charge is 2.29. The summed E-state index contributed by atoms with van der Waals surface area (Å²) in [7, 11) is 1.46. The zero-order valence-corrected chi connectivity index (χ0v) is 17.8. The van der Waals surface area contributed by atoms with Gasteiger partial charge in [-0.1, -0.05) is 25.8 Å². The zero-order valence-electron chi connectivity index (χ0n) is 17.8. The molecule has 0 saturated heterocycles. The molecule has 1 aromatic rings. The van der Waals surface area contributed by atoms with Crippen molar-refractivity contribution < 1.29 is 34.0 Å². The van der Waals surface area contributed by atoms with Crippen molar-refractivity contribution in [2.75, 3.05) is 13.7 Å². The number of rotatable bonds is 13. The van der Waals surface area contributed by atoms with Gasteiger partial charge in [-0.15, -0.1) is 0 Å². The highest BCUT2D eigenvalue weighted by atomic mass is 16.6. The molecule has 3 atom stereocenters. The number of phenols is 1. The van der Waals surface area contributed by atoms with E-state index in [1.807, 2.05) is 0 Å². The van der Waals surface area contributed by atoms with Crippen LogP contribution in [0.25, 0.3) is 0 Å². The Hall–Kier alpha value is -2.28. The summed E-state index contributed by atoms with van der Waals surface area (Å²) in [4.78, 5) is 23.2. The minimum atomic E-state index is -0.608. The Kier molecular flexibility index (Phi) is 11.1. The van der Waals surface area contributed by atoms with Crippen LogP contribution < -0.4 is 4.74 Å². The molecule has 164 valence electrons. The molecule has 0 radical (unpaired) electrons. The summed E-state index contributed by atoms with van der Waals surface area (Å²) in [5.41, 5.74) is 0.825. The van der Waals surface area contributed by atoms with Crippen LogP contribution in [0.15, 0.2) is 18.2 Å². The van der Waals surface area contributed by atoms with Crippen molar-refractivity contribution >= 4 is 11.9 Å². The maximum absolute atomic E-state index is 11.7. The summed E-state index contributed by atoms with van der Waals surface area (Å²) >= 11 is 0. The number of methoxy groups -OCH3 is 1. The number of aromatic hydroxyl groups is 1. The Morgan fingerprint density at radius 3 is 2.34 bits per heavy atom. The highest BCUT2D eigenvalue weighted by Crippen LogP contribution is 2.29. The first-order valence-electron chi connectivity index (χ1n) is 10.1. The third kappa shape index (κ3) is 9.17. The Balaban J connectivity index is 2.98. The summed E-state index contributed by atoms with van der Waals surface area (Å²) in [5.74, 6) is -0.860. The largest absolute Gasteiger partial charge is 0.504 e. The second-order valence-electron chi connectivity index (χ2n) is 7.26. The molecule has 0 aliphatic carbocycles. The quantitative estimate of drug-likeness (QED) is 0.380. The number of ether oxygens (including phenoxy) is 3. The van der Waals surface area contributed by atoms with Gasteiger partial charge in [-0.05, 0) is 37.0 Å². The van der Waals surface area contributed by atoms with Crippen molar-refractivity contribution in [3.05, 3.63) is 23.8 Å². The van der Waals surface area contributed by atoms with Gasteiger partial charge in [0.15, 0.2) is 11.5 Å². The van der Waals surface area contributed by atoms with Gasteiger partial charge in [0.1, 0.15) is 12.2 Å². The van der Waals surface area contributed by atoms with Gasteiger partial charge < -0.3 is 24.4 Å². The Morgan fingerprint density at radius 1 is 1.10 bits per heavy atom. The predicted octanol–water partition coefficient (Wildman–Crippen LogP) is 3.39. The molecule has 29 heavy (non-hydrogen) atoms. The molecule has 0 aliphatic rings. The maximum Gasteiger partial charge on any atom is 0.302 e. The van der Waals surface area contributed by atoms with Crippen LogP contribution in [0, 0.1) is 5.92 Å². The van der Waals surface area contributed by atoms with Crippen LogP contribution >= 0.6 is 0 Å². The fourth-order valence-corrected chi connectivity index (χ4v) is 3.36. The Labute approximate surface area is 173 Å². The first-order chi connectivity index (χ1) is 13.8. The van der Waals surface area contributed by atoms with Gasteiger partial charge in [-0.3, -0.25) is 9.59 Å². The van der Waals surface area contributed by atoms with E-state index in [1.54, 1.807) is 12.1 Å². The number of esters is 2. The van der Waals surface area contributed by atoms with E-state index in [-0.39, 0.29) is 24.4 Å². The van der Waals surface area contributed by atoms with Crippen molar-refractivity contribution in [2.45, 2.75) is 71.5 Å². The molecule has 0 bridgehead atoms. The highest BCUT2D eigenvalue weighted by molar-refractivity contribution is 5.66. The smallest absolute Gasteiger partial charge is 0.302 e. The molecule has 0 heterocycles. The van der Waals surface area contributed by atoms with Gasteiger partial charge in [-0.2, -0.15) is 0 Å². The molecule has 1 rings (SSSR count). The summed E-state index contributed by atoms with van der Waals surface area (Å²) < 4.78 is 16.1. The normalized spacial score (nSPS) is 14.0. The first-order valence-corrected chi connectivity index (χ1v) is 10.1. The first kappa shape index (κ1) is 24.8. The van der Waals surface area contributed by atoms with Gasteiger partial charge in [0.2, 0.25) is 0 Å². The monoisotopic (exact) mass is 410 g/mol. The van der Waals surface area contributed by atoms with E-state index in [0.717, 1.165) is 24.8 Å². The topological polar surface area (TPSA) is 102 Å². The Bertz CT molecular complexity index is 644. The number of phenolic OH excluding ortho intramolecular Hbond substituents is 1. The van der Waals surface area contributed by atoms with E-state index in [0.29, 0.717) is 25.0 Å². The number of unbranched alkanes of at least 4 members (excludes halogenated alkanes) is 2. The molecule has 0 amide bonds. The summed E-state index contributed by atoms with van der Waals surface area (Å²) in [6.07, 6.45) is 3.39. The van der Waals surface area contributed by atoms with E-state index in [1.165, 1.54) is 27.0 Å². The standard InChI is InChI=1S/C22H34O7/c1-5-6-7-8-19(28-15(2)24)13-21(29-16(3)25)18(14-23)11-17-9-10-20(26)22(12-17)27-4/h9-10,12,18-19,21,23,26H,5-8,11,13-14H2,1-4H3. The summed E-state index contributed by atoms with van der Waals surface area (Å²) in [5, 5.41) is 19.7. The SMILES string of the molecule is CCCCCC(CC(OC(C)=O)C(CO)Cc1ccc(O)c(OC)c1)OC(C)=O. The van der Waals surface area contributed by atoms with Gasteiger partial charge in [0, 0.05) is 32.8 Å². The number of benzene rings is 1. The van der Waals surface area contributed by atoms with Crippen molar-refractivity contribution in [1.82, 2.24) is 0 Å². The lowest BCUT2D eigenvalue weighted by Gasteiger charge is -2.29. The fourth-order valence-electron chi connectivity index (χ4n) is 3.36. The van der Waals surface area contributed by atoms with Crippen molar-refractivity contribution in [3.8, 4) is 11.5 Å². The van der Waals surface area contributed by atoms with Crippen molar-refractivity contribution in [2.24, 2.45) is 5.92 Å². The third-order valence-electron chi connectivity index (χ3n) is 4.78. The second kappa shape index (κ2) is 13.0. The number of carbonyl (C=O) groups is 2. The van der Waals surface area contributed by atoms with Crippen LogP contribution in [-0.4, -0.2) is 48.1 Å². The minimum Gasteiger partial charge on any atom is -0.504 e. The van der Waals surface area contributed by atoms with Crippen LogP contribution in [0.1, 0.15) is 58.4 Å². The van der Waals surface area contributed by atoms with Crippen LogP contribution in [0.3, 0.4) is 0 Å². The lowest BCUT2D eigenvalue weighted by atomic mass is 9.90. The average molecular weight is 411 g/mol. The summed E-state index contributed by atoms with van der Waals surface area (Å²) in [6, 6.07) is 4.94. The molecule has 0 spiro atoms. The number of aliphatic hydroxyl groups is 1. The molecule has 0 fully saturated rings. The molecule has 3 unspecified atom stereocenters. The molecule has 7 nitrogen and oxygen atoms in total. The van der Waals surface area contributed by atoms with E-state index in [2.05, 4.69) is 6.92 Å². The molecule has 2 N–H and O–H groups in total. The molecule has 1 aromatic carbocycles. The van der Waals surface area contributed by atoms with E-state index >= 15 is 0 Å². The second-order valence-corrected chi connectivity index (χ2v) is 7.26. The molecule has 0 aromatic heterocycles. The fraction of sp³-hybridized carbons (Fsp3) is 0.636. The van der Waals surface area contributed by atoms with Gasteiger partial charge in [0.25, 0.3) is 0 Å². The van der Waals surface area contributed by atoms with E-state index in [4.69, 9.17) is 14.2 Å². The van der Waals surface area contributed by atoms with Gasteiger partial charge in [0.05, 0.1) is 7.11 Å². The molecule has 7 heteroatoms. The summed E-state index contributed by atoms with van der Waals surface area (Å²) in [6.45, 7) is 4.57. The Morgan fingerprint density at radius 2 is 1.79 bits per heavy atom. The molecular formula is C22H34O7. The molecular weight excluding hydrogens is 376 g/mol. The molecule has 0 saturated carbocycles. The lowest BCUT2D eigenvalue weighted by molar-refractivity contribution is -0.156.